The van der Waals surface area contributed by atoms with Crippen LogP contribution in [0.15, 0.2) is 76.7 Å². The molecule has 0 saturated carbocycles. The SMILES string of the molecule is O=C(CSc1nnc(-c2cccs2)n1CCc1ccccc1)Nc1ncc2c(n1)C[C@H](c1cccs1)CC2=O. The lowest BCUT2D eigenvalue weighted by Gasteiger charge is -2.22. The number of ketones is 1. The number of hydrogen-bond acceptors (Lipinski definition) is 9. The van der Waals surface area contributed by atoms with E-state index in [1.54, 1.807) is 22.7 Å². The van der Waals surface area contributed by atoms with Crippen molar-refractivity contribution in [2.24, 2.45) is 0 Å². The van der Waals surface area contributed by atoms with Crippen LogP contribution in [0.25, 0.3) is 10.7 Å². The van der Waals surface area contributed by atoms with Gasteiger partial charge in [0.15, 0.2) is 16.8 Å². The van der Waals surface area contributed by atoms with Crippen molar-refractivity contribution in [1.82, 2.24) is 24.7 Å². The first-order valence-electron chi connectivity index (χ1n) is 12.5. The number of rotatable bonds is 9. The summed E-state index contributed by atoms with van der Waals surface area (Å²) in [7, 11) is 0. The maximum atomic E-state index is 12.9. The first-order valence-corrected chi connectivity index (χ1v) is 15.2. The van der Waals surface area contributed by atoms with Gasteiger partial charge in [-0.3, -0.25) is 14.9 Å². The van der Waals surface area contributed by atoms with Crippen molar-refractivity contribution >= 4 is 52.1 Å². The summed E-state index contributed by atoms with van der Waals surface area (Å²) in [6, 6.07) is 18.3. The number of amides is 1. The summed E-state index contributed by atoms with van der Waals surface area (Å²) in [5, 5.41) is 16.3. The predicted molar refractivity (Wildman–Crippen MR) is 155 cm³/mol. The molecule has 0 fully saturated rings. The Morgan fingerprint density at radius 2 is 1.87 bits per heavy atom. The molecule has 1 aliphatic carbocycles. The van der Waals surface area contributed by atoms with Crippen LogP contribution in [0.5, 0.6) is 0 Å². The van der Waals surface area contributed by atoms with Gasteiger partial charge >= 0.3 is 0 Å². The number of nitrogens with one attached hydrogen (secondary N) is 1. The highest BCUT2D eigenvalue weighted by atomic mass is 32.2. The number of benzene rings is 1. The summed E-state index contributed by atoms with van der Waals surface area (Å²) in [4.78, 5) is 36.5. The molecule has 196 valence electrons. The van der Waals surface area contributed by atoms with Gasteiger partial charge in [0.25, 0.3) is 0 Å². The number of aromatic nitrogens is 5. The van der Waals surface area contributed by atoms with Crippen LogP contribution in [0.1, 0.15) is 38.8 Å². The summed E-state index contributed by atoms with van der Waals surface area (Å²) in [5.74, 6) is 1.05. The van der Waals surface area contributed by atoms with E-state index in [2.05, 4.69) is 48.2 Å². The minimum atomic E-state index is -0.243. The maximum absolute atomic E-state index is 12.9. The lowest BCUT2D eigenvalue weighted by Crippen LogP contribution is -2.22. The zero-order valence-corrected chi connectivity index (χ0v) is 23.3. The van der Waals surface area contributed by atoms with E-state index in [0.717, 1.165) is 17.1 Å². The van der Waals surface area contributed by atoms with Crippen LogP contribution < -0.4 is 5.32 Å². The fourth-order valence-corrected chi connectivity index (χ4v) is 6.90. The van der Waals surface area contributed by atoms with Gasteiger partial charge in [-0.1, -0.05) is 54.2 Å². The van der Waals surface area contributed by atoms with Crippen LogP contribution in [-0.4, -0.2) is 42.2 Å². The van der Waals surface area contributed by atoms with E-state index in [-0.39, 0.29) is 29.3 Å². The molecule has 1 N–H and O–H groups in total. The van der Waals surface area contributed by atoms with Gasteiger partial charge in [0.1, 0.15) is 0 Å². The number of thioether (sulfide) groups is 1. The van der Waals surface area contributed by atoms with Gasteiger partial charge in [0.2, 0.25) is 11.9 Å². The quantitative estimate of drug-likeness (QED) is 0.225. The van der Waals surface area contributed by atoms with E-state index >= 15 is 0 Å². The predicted octanol–water partition coefficient (Wildman–Crippen LogP) is 5.74. The van der Waals surface area contributed by atoms with E-state index in [1.165, 1.54) is 28.4 Å². The molecule has 1 amide bonds. The Bertz CT molecular complexity index is 1580. The van der Waals surface area contributed by atoms with Crippen molar-refractivity contribution in [1.29, 1.82) is 0 Å². The highest BCUT2D eigenvalue weighted by Crippen LogP contribution is 2.34. The number of anilines is 1. The molecular formula is C28H24N6O2S3. The summed E-state index contributed by atoms with van der Waals surface area (Å²) >= 11 is 4.59. The molecule has 5 aromatic rings. The van der Waals surface area contributed by atoms with E-state index in [1.807, 2.05) is 47.2 Å². The highest BCUT2D eigenvalue weighted by molar-refractivity contribution is 7.99. The lowest BCUT2D eigenvalue weighted by molar-refractivity contribution is -0.113. The number of thiophene rings is 2. The molecule has 11 heteroatoms. The Labute approximate surface area is 237 Å². The smallest absolute Gasteiger partial charge is 0.237 e. The molecule has 0 aliphatic heterocycles. The molecule has 0 radical (unpaired) electrons. The minimum absolute atomic E-state index is 0.0412. The first kappa shape index (κ1) is 25.6. The number of hydrogen-bond donors (Lipinski definition) is 1. The van der Waals surface area contributed by atoms with E-state index < -0.39 is 0 Å². The second-order valence-corrected chi connectivity index (χ2v) is 12.0. The average Bonchev–Trinajstić information content (AvgIpc) is 3.73. The molecule has 6 rings (SSSR count). The van der Waals surface area contributed by atoms with Gasteiger partial charge in [-0.25, -0.2) is 9.97 Å². The molecule has 8 nitrogen and oxygen atoms in total. The van der Waals surface area contributed by atoms with Crippen LogP contribution in [0.2, 0.25) is 0 Å². The number of fused-ring (bicyclic) bond motifs is 1. The second-order valence-electron chi connectivity index (χ2n) is 9.11. The summed E-state index contributed by atoms with van der Waals surface area (Å²) < 4.78 is 2.07. The molecule has 1 atom stereocenters. The Morgan fingerprint density at radius 1 is 1.03 bits per heavy atom. The maximum Gasteiger partial charge on any atom is 0.237 e. The van der Waals surface area contributed by atoms with Crippen molar-refractivity contribution in [2.75, 3.05) is 11.1 Å². The Balaban J connectivity index is 1.13. The third-order valence-corrected chi connectivity index (χ3v) is 9.36. The van der Waals surface area contributed by atoms with Gasteiger partial charge in [-0.2, -0.15) is 0 Å². The number of carbonyl (C=O) groups excluding carboxylic acids is 2. The molecule has 4 aromatic heterocycles. The molecular weight excluding hydrogens is 549 g/mol. The summed E-state index contributed by atoms with van der Waals surface area (Å²) in [6.45, 7) is 0.696. The lowest BCUT2D eigenvalue weighted by atomic mass is 9.86. The molecule has 1 aliphatic rings. The van der Waals surface area contributed by atoms with Crippen molar-refractivity contribution in [3.05, 3.63) is 93.3 Å². The van der Waals surface area contributed by atoms with Crippen LogP contribution >= 0.6 is 34.4 Å². The average molecular weight is 573 g/mol. The van der Waals surface area contributed by atoms with Crippen molar-refractivity contribution in [2.45, 2.75) is 36.9 Å². The summed E-state index contributed by atoms with van der Waals surface area (Å²) in [5.41, 5.74) is 2.45. The van der Waals surface area contributed by atoms with Gasteiger partial charge in [0, 0.05) is 30.0 Å². The third-order valence-electron chi connectivity index (χ3n) is 6.49. The largest absolute Gasteiger partial charge is 0.301 e. The molecule has 39 heavy (non-hydrogen) atoms. The highest BCUT2D eigenvalue weighted by Gasteiger charge is 2.29. The van der Waals surface area contributed by atoms with Gasteiger partial charge < -0.3 is 4.57 Å². The Morgan fingerprint density at radius 3 is 2.67 bits per heavy atom. The van der Waals surface area contributed by atoms with E-state index in [0.29, 0.717) is 35.8 Å². The zero-order chi connectivity index (χ0) is 26.6. The van der Waals surface area contributed by atoms with Gasteiger partial charge in [0.05, 0.1) is 21.9 Å². The normalized spacial score (nSPS) is 14.8. The van der Waals surface area contributed by atoms with Crippen LogP contribution in [0, 0.1) is 0 Å². The Kier molecular flexibility index (Phi) is 7.62. The minimum Gasteiger partial charge on any atom is -0.301 e. The van der Waals surface area contributed by atoms with Crippen molar-refractivity contribution < 1.29 is 9.59 Å². The first-order chi connectivity index (χ1) is 19.1. The third kappa shape index (κ3) is 5.85. The van der Waals surface area contributed by atoms with E-state index in [4.69, 9.17) is 0 Å². The van der Waals surface area contributed by atoms with Crippen molar-refractivity contribution in [3.8, 4) is 10.7 Å². The monoisotopic (exact) mass is 572 g/mol. The standard InChI is InChI=1S/C28H24N6O2S3/c35-22-15-19(23-8-4-12-37-23)14-21-20(22)16-29-27(30-21)31-25(36)17-39-28-33-32-26(24-9-5-13-38-24)34(28)11-10-18-6-2-1-3-7-18/h1-9,12-13,16,19H,10-11,14-15,17H2,(H,29,30,31,36)/t19-/m0/s1. The van der Waals surface area contributed by atoms with Crippen LogP contribution in [0.3, 0.4) is 0 Å². The molecule has 0 unspecified atom stereocenters. The molecule has 4 heterocycles. The van der Waals surface area contributed by atoms with Gasteiger partial charge in [-0.05, 0) is 41.3 Å². The molecule has 0 spiro atoms. The fraction of sp³-hybridized carbons (Fsp3) is 0.214. The van der Waals surface area contributed by atoms with Gasteiger partial charge in [-0.15, -0.1) is 32.9 Å². The number of nitrogens with zero attached hydrogens (tertiary/aromatic N) is 5. The molecule has 0 saturated heterocycles. The summed E-state index contributed by atoms with van der Waals surface area (Å²) in [6.07, 6.45) is 3.46. The van der Waals surface area contributed by atoms with Crippen LogP contribution in [-0.2, 0) is 24.2 Å². The number of Topliss-reactive ketones (excluding diaryl/α,β-unsaturated/α-hetero) is 1. The molecule has 0 bridgehead atoms. The van der Waals surface area contributed by atoms with Crippen LogP contribution in [0.4, 0.5) is 5.95 Å². The fourth-order valence-electron chi connectivity index (χ4n) is 4.59. The zero-order valence-electron chi connectivity index (χ0n) is 20.8. The van der Waals surface area contributed by atoms with E-state index in [9.17, 15) is 9.59 Å². The second kappa shape index (κ2) is 11.6. The Hall–Kier alpha value is -3.67. The molecule has 1 aromatic carbocycles. The van der Waals surface area contributed by atoms with Crippen molar-refractivity contribution in [3.63, 3.8) is 0 Å². The number of aryl methyl sites for hydroxylation is 1. The number of carbonyl (C=O) groups is 2. The topological polar surface area (TPSA) is 103 Å².